The Morgan fingerprint density at radius 1 is 1.12 bits per heavy atom. The second-order valence-corrected chi connectivity index (χ2v) is 7.53. The van der Waals surface area contributed by atoms with Gasteiger partial charge in [-0.2, -0.15) is 5.10 Å². The van der Waals surface area contributed by atoms with Crippen LogP contribution in [0.15, 0.2) is 24.4 Å². The zero-order chi connectivity index (χ0) is 17.8. The average molecular weight is 355 g/mol. The highest BCUT2D eigenvalue weighted by Gasteiger charge is 2.29. The van der Waals surface area contributed by atoms with E-state index in [1.165, 1.54) is 44.9 Å². The van der Waals surface area contributed by atoms with Crippen molar-refractivity contribution in [1.29, 1.82) is 0 Å². The molecule has 0 spiro atoms. The van der Waals surface area contributed by atoms with Crippen molar-refractivity contribution in [2.45, 2.75) is 63.5 Å². The lowest BCUT2D eigenvalue weighted by Crippen LogP contribution is -2.36. The zero-order valence-electron chi connectivity index (χ0n) is 15.7. The molecule has 2 aliphatic rings. The van der Waals surface area contributed by atoms with Crippen molar-refractivity contribution in [1.82, 2.24) is 19.7 Å². The van der Waals surface area contributed by atoms with Gasteiger partial charge in [-0.1, -0.05) is 25.3 Å². The van der Waals surface area contributed by atoms with Crippen LogP contribution < -0.4 is 4.90 Å². The van der Waals surface area contributed by atoms with Crippen molar-refractivity contribution in [2.24, 2.45) is 0 Å². The first kappa shape index (κ1) is 17.5. The van der Waals surface area contributed by atoms with Gasteiger partial charge in [0.25, 0.3) is 0 Å². The molecule has 2 aromatic rings. The number of hydrogen-bond acceptors (Lipinski definition) is 5. The summed E-state index contributed by atoms with van der Waals surface area (Å²) in [5.74, 6) is 3.46. The van der Waals surface area contributed by atoms with E-state index in [0.717, 1.165) is 30.6 Å². The molecule has 0 amide bonds. The molecule has 4 rings (SSSR count). The number of nitrogens with zero attached hydrogens (tertiary/aromatic N) is 5. The fourth-order valence-electron chi connectivity index (χ4n) is 4.38. The summed E-state index contributed by atoms with van der Waals surface area (Å²) in [6.45, 7) is 2.52. The average Bonchev–Trinajstić information content (AvgIpc) is 3.14. The SMILES string of the molecule is COCc1nc([C@@H]2CCCN(c3ccccn3)C2)n(C2CCCCC2)n1. The van der Waals surface area contributed by atoms with Gasteiger partial charge in [0.1, 0.15) is 18.2 Å². The van der Waals surface area contributed by atoms with Crippen molar-refractivity contribution >= 4 is 5.82 Å². The highest BCUT2D eigenvalue weighted by Crippen LogP contribution is 2.33. The van der Waals surface area contributed by atoms with Crippen LogP contribution in [0.25, 0.3) is 0 Å². The first-order valence-electron chi connectivity index (χ1n) is 9.95. The summed E-state index contributed by atoms with van der Waals surface area (Å²) in [7, 11) is 1.71. The highest BCUT2D eigenvalue weighted by molar-refractivity contribution is 5.39. The van der Waals surface area contributed by atoms with Gasteiger partial charge in [0.15, 0.2) is 5.82 Å². The minimum absolute atomic E-state index is 0.408. The molecule has 140 valence electrons. The summed E-state index contributed by atoms with van der Waals surface area (Å²) < 4.78 is 7.55. The number of anilines is 1. The predicted octanol–water partition coefficient (Wildman–Crippen LogP) is 3.71. The van der Waals surface area contributed by atoms with E-state index in [9.17, 15) is 0 Å². The first-order chi connectivity index (χ1) is 12.8. The van der Waals surface area contributed by atoms with Gasteiger partial charge in [-0.25, -0.2) is 14.6 Å². The third-order valence-corrected chi connectivity index (χ3v) is 5.66. The predicted molar refractivity (Wildman–Crippen MR) is 101 cm³/mol. The third kappa shape index (κ3) is 3.75. The van der Waals surface area contributed by atoms with E-state index >= 15 is 0 Å². The summed E-state index contributed by atoms with van der Waals surface area (Å²) in [5, 5.41) is 4.84. The minimum atomic E-state index is 0.408. The fourth-order valence-corrected chi connectivity index (χ4v) is 4.38. The zero-order valence-corrected chi connectivity index (χ0v) is 15.7. The number of pyridine rings is 1. The molecule has 2 aromatic heterocycles. The van der Waals surface area contributed by atoms with E-state index in [4.69, 9.17) is 14.8 Å². The van der Waals surface area contributed by atoms with Crippen LogP contribution in [0.3, 0.4) is 0 Å². The van der Waals surface area contributed by atoms with Gasteiger partial charge in [0.05, 0.1) is 6.04 Å². The van der Waals surface area contributed by atoms with Crippen LogP contribution in [0, 0.1) is 0 Å². The van der Waals surface area contributed by atoms with Crippen LogP contribution in [0.4, 0.5) is 5.82 Å². The van der Waals surface area contributed by atoms with E-state index in [2.05, 4.69) is 26.7 Å². The van der Waals surface area contributed by atoms with Crippen LogP contribution in [0.2, 0.25) is 0 Å². The number of piperidine rings is 1. The number of aromatic nitrogens is 4. The lowest BCUT2D eigenvalue weighted by Gasteiger charge is -2.34. The molecule has 1 saturated carbocycles. The number of ether oxygens (including phenoxy) is 1. The maximum absolute atomic E-state index is 5.30. The molecule has 6 heteroatoms. The monoisotopic (exact) mass is 355 g/mol. The Balaban J connectivity index is 1.58. The number of rotatable bonds is 5. The third-order valence-electron chi connectivity index (χ3n) is 5.66. The van der Waals surface area contributed by atoms with Crippen LogP contribution in [-0.2, 0) is 11.3 Å². The smallest absolute Gasteiger partial charge is 0.176 e. The van der Waals surface area contributed by atoms with E-state index in [-0.39, 0.29) is 0 Å². The number of hydrogen-bond donors (Lipinski definition) is 0. The summed E-state index contributed by atoms with van der Waals surface area (Å²) in [4.78, 5) is 11.8. The second kappa shape index (κ2) is 8.16. The quantitative estimate of drug-likeness (QED) is 0.818. The maximum Gasteiger partial charge on any atom is 0.176 e. The highest BCUT2D eigenvalue weighted by atomic mass is 16.5. The van der Waals surface area contributed by atoms with E-state index in [1.807, 2.05) is 12.3 Å². The second-order valence-electron chi connectivity index (χ2n) is 7.53. The molecule has 0 aromatic carbocycles. The lowest BCUT2D eigenvalue weighted by atomic mass is 9.93. The van der Waals surface area contributed by atoms with Gasteiger partial charge in [-0.15, -0.1) is 0 Å². The topological polar surface area (TPSA) is 56.1 Å². The van der Waals surface area contributed by atoms with E-state index < -0.39 is 0 Å². The lowest BCUT2D eigenvalue weighted by molar-refractivity contribution is 0.176. The molecule has 6 nitrogen and oxygen atoms in total. The van der Waals surface area contributed by atoms with Crippen molar-refractivity contribution < 1.29 is 4.74 Å². The Morgan fingerprint density at radius 2 is 2.00 bits per heavy atom. The minimum Gasteiger partial charge on any atom is -0.377 e. The largest absolute Gasteiger partial charge is 0.377 e. The molecule has 2 fully saturated rings. The Bertz CT molecular complexity index is 695. The Kier molecular flexibility index (Phi) is 5.48. The van der Waals surface area contributed by atoms with Gasteiger partial charge in [0, 0.05) is 32.3 Å². The molecule has 1 aliphatic heterocycles. The molecule has 1 aliphatic carbocycles. The van der Waals surface area contributed by atoms with Crippen LogP contribution in [0.5, 0.6) is 0 Å². The van der Waals surface area contributed by atoms with Gasteiger partial charge in [0.2, 0.25) is 0 Å². The van der Waals surface area contributed by atoms with Crippen LogP contribution >= 0.6 is 0 Å². The molecule has 0 unspecified atom stereocenters. The molecular weight excluding hydrogens is 326 g/mol. The molecule has 0 radical (unpaired) electrons. The van der Waals surface area contributed by atoms with Crippen molar-refractivity contribution in [3.63, 3.8) is 0 Å². The summed E-state index contributed by atoms with van der Waals surface area (Å²) in [5.41, 5.74) is 0. The van der Waals surface area contributed by atoms with E-state index in [1.54, 1.807) is 7.11 Å². The Labute approximate surface area is 155 Å². The van der Waals surface area contributed by atoms with Crippen molar-refractivity contribution in [3.05, 3.63) is 36.0 Å². The van der Waals surface area contributed by atoms with Gasteiger partial charge in [-0.3, -0.25) is 0 Å². The normalized spacial score (nSPS) is 21.9. The molecule has 1 atom stereocenters. The molecule has 26 heavy (non-hydrogen) atoms. The molecule has 3 heterocycles. The Morgan fingerprint density at radius 3 is 2.77 bits per heavy atom. The summed E-state index contributed by atoms with van der Waals surface area (Å²) >= 11 is 0. The summed E-state index contributed by atoms with van der Waals surface area (Å²) in [6, 6.07) is 6.64. The van der Waals surface area contributed by atoms with Gasteiger partial charge < -0.3 is 9.64 Å². The Hall–Kier alpha value is -1.95. The van der Waals surface area contributed by atoms with Gasteiger partial charge in [-0.05, 0) is 37.8 Å². The van der Waals surface area contributed by atoms with Crippen molar-refractivity contribution in [2.75, 3.05) is 25.1 Å². The summed E-state index contributed by atoms with van der Waals surface area (Å²) in [6.07, 6.45) is 10.6. The van der Waals surface area contributed by atoms with Crippen LogP contribution in [0.1, 0.15) is 68.6 Å². The maximum atomic E-state index is 5.30. The van der Waals surface area contributed by atoms with Crippen molar-refractivity contribution in [3.8, 4) is 0 Å². The first-order valence-corrected chi connectivity index (χ1v) is 9.95. The van der Waals surface area contributed by atoms with Crippen LogP contribution in [-0.4, -0.2) is 39.9 Å². The fraction of sp³-hybridized carbons (Fsp3) is 0.650. The standard InChI is InChI=1S/C20H29N5O/c1-26-15-18-22-20(25(23-18)17-9-3-2-4-10-17)16-8-7-13-24(14-16)19-11-5-6-12-21-19/h5-6,11-12,16-17H,2-4,7-10,13-15H2,1H3/t16-/m1/s1. The molecule has 1 saturated heterocycles. The van der Waals surface area contributed by atoms with Gasteiger partial charge >= 0.3 is 0 Å². The number of methoxy groups -OCH3 is 1. The molecule has 0 bridgehead atoms. The molecule has 0 N–H and O–H groups in total. The molecular formula is C20H29N5O. The van der Waals surface area contributed by atoms with E-state index in [0.29, 0.717) is 18.6 Å².